The smallest absolute Gasteiger partial charge is 0.159 e. The second kappa shape index (κ2) is 5.82. The van der Waals surface area contributed by atoms with Crippen molar-refractivity contribution in [2.45, 2.75) is 19.1 Å². The first-order valence-electron chi connectivity index (χ1n) is 5.73. The highest BCUT2D eigenvalue weighted by molar-refractivity contribution is 7.97. The number of nitrogens with zero attached hydrogens (tertiary/aromatic N) is 2. The molecule has 1 aromatic carbocycles. The Balaban J connectivity index is 2.46. The Hall–Kier alpha value is -1.35. The molecule has 2 nitrogen and oxygen atoms in total. The van der Waals surface area contributed by atoms with E-state index >= 15 is 0 Å². The average molecular weight is 244 g/mol. The minimum atomic E-state index is 0.826. The lowest BCUT2D eigenvalue weighted by Crippen LogP contribution is -1.94. The topological polar surface area (TPSA) is 25.8 Å². The first-order chi connectivity index (χ1) is 8.35. The molecule has 1 heterocycles. The van der Waals surface area contributed by atoms with Crippen molar-refractivity contribution in [3.05, 3.63) is 47.8 Å². The summed E-state index contributed by atoms with van der Waals surface area (Å²) in [5, 5.41) is 0. The fourth-order valence-corrected chi connectivity index (χ4v) is 2.35. The van der Waals surface area contributed by atoms with Gasteiger partial charge in [0.2, 0.25) is 0 Å². The molecule has 2 aromatic rings. The number of aryl methyl sites for hydroxylation is 1. The summed E-state index contributed by atoms with van der Waals surface area (Å²) in [5.74, 6) is 1.86. The van der Waals surface area contributed by atoms with Gasteiger partial charge >= 0.3 is 0 Å². The lowest BCUT2D eigenvalue weighted by atomic mass is 10.0. The number of rotatable bonds is 4. The SMILES string of the molecule is CCc1ccc(CSC)cc1-c1ncccn1. The minimum Gasteiger partial charge on any atom is -0.237 e. The molecule has 0 unspecified atom stereocenters. The summed E-state index contributed by atoms with van der Waals surface area (Å²) < 4.78 is 0. The number of thioether (sulfide) groups is 1. The number of benzene rings is 1. The van der Waals surface area contributed by atoms with Gasteiger partial charge in [-0.15, -0.1) is 0 Å². The molecule has 0 saturated heterocycles. The van der Waals surface area contributed by atoms with Crippen molar-refractivity contribution in [3.8, 4) is 11.4 Å². The molecule has 17 heavy (non-hydrogen) atoms. The van der Waals surface area contributed by atoms with Crippen LogP contribution in [-0.4, -0.2) is 16.2 Å². The van der Waals surface area contributed by atoms with Gasteiger partial charge in [0, 0.05) is 23.7 Å². The van der Waals surface area contributed by atoms with Crippen LogP contribution in [0, 0.1) is 0 Å². The van der Waals surface area contributed by atoms with E-state index < -0.39 is 0 Å². The Kier molecular flexibility index (Phi) is 4.15. The number of hydrogen-bond donors (Lipinski definition) is 0. The van der Waals surface area contributed by atoms with Crippen LogP contribution in [0.4, 0.5) is 0 Å². The van der Waals surface area contributed by atoms with Crippen molar-refractivity contribution in [3.63, 3.8) is 0 Å². The Labute approximate surface area is 107 Å². The molecule has 1 aromatic heterocycles. The molecule has 0 saturated carbocycles. The summed E-state index contributed by atoms with van der Waals surface area (Å²) in [7, 11) is 0. The van der Waals surface area contributed by atoms with E-state index in [4.69, 9.17) is 0 Å². The van der Waals surface area contributed by atoms with E-state index in [1.165, 1.54) is 16.7 Å². The van der Waals surface area contributed by atoms with Crippen molar-refractivity contribution < 1.29 is 0 Å². The molecule has 0 fully saturated rings. The molecule has 0 aliphatic carbocycles. The number of aromatic nitrogens is 2. The minimum absolute atomic E-state index is 0.826. The fraction of sp³-hybridized carbons (Fsp3) is 0.286. The maximum Gasteiger partial charge on any atom is 0.159 e. The largest absolute Gasteiger partial charge is 0.237 e. The highest BCUT2D eigenvalue weighted by atomic mass is 32.2. The van der Waals surface area contributed by atoms with E-state index in [-0.39, 0.29) is 0 Å². The maximum atomic E-state index is 4.34. The van der Waals surface area contributed by atoms with Crippen LogP contribution in [0.15, 0.2) is 36.7 Å². The molecule has 3 heteroatoms. The first-order valence-corrected chi connectivity index (χ1v) is 7.12. The van der Waals surface area contributed by atoms with E-state index in [0.29, 0.717) is 0 Å². The lowest BCUT2D eigenvalue weighted by Gasteiger charge is -2.08. The van der Waals surface area contributed by atoms with Crippen molar-refractivity contribution in [2.24, 2.45) is 0 Å². The summed E-state index contributed by atoms with van der Waals surface area (Å²) in [4.78, 5) is 8.68. The predicted molar refractivity (Wildman–Crippen MR) is 74.1 cm³/mol. The van der Waals surface area contributed by atoms with Gasteiger partial charge in [-0.1, -0.05) is 19.1 Å². The summed E-state index contributed by atoms with van der Waals surface area (Å²) in [5.41, 5.74) is 3.80. The van der Waals surface area contributed by atoms with Gasteiger partial charge in [0.25, 0.3) is 0 Å². The zero-order chi connectivity index (χ0) is 12.1. The van der Waals surface area contributed by atoms with Gasteiger partial charge in [-0.3, -0.25) is 0 Å². The van der Waals surface area contributed by atoms with Gasteiger partial charge in [-0.2, -0.15) is 11.8 Å². The van der Waals surface area contributed by atoms with Gasteiger partial charge < -0.3 is 0 Å². The predicted octanol–water partition coefficient (Wildman–Crippen LogP) is 3.57. The van der Waals surface area contributed by atoms with Gasteiger partial charge in [-0.05, 0) is 35.9 Å². The molecule has 0 radical (unpaired) electrons. The van der Waals surface area contributed by atoms with Gasteiger partial charge in [0.05, 0.1) is 0 Å². The van der Waals surface area contributed by atoms with Crippen molar-refractivity contribution >= 4 is 11.8 Å². The van der Waals surface area contributed by atoms with Crippen LogP contribution < -0.4 is 0 Å². The highest BCUT2D eigenvalue weighted by Gasteiger charge is 2.07. The summed E-state index contributed by atoms with van der Waals surface area (Å²) in [6, 6.07) is 8.45. The van der Waals surface area contributed by atoms with E-state index in [1.54, 1.807) is 12.4 Å². The third-order valence-electron chi connectivity index (χ3n) is 2.67. The molecule has 0 bridgehead atoms. The van der Waals surface area contributed by atoms with Crippen molar-refractivity contribution in [2.75, 3.05) is 6.26 Å². The number of hydrogen-bond acceptors (Lipinski definition) is 3. The molecule has 88 valence electrons. The molecule has 0 spiro atoms. The summed E-state index contributed by atoms with van der Waals surface area (Å²) in [6.45, 7) is 2.16. The van der Waals surface area contributed by atoms with E-state index in [0.717, 1.165) is 18.0 Å². The molecular formula is C14H16N2S. The third kappa shape index (κ3) is 2.86. The van der Waals surface area contributed by atoms with Crippen LogP contribution in [-0.2, 0) is 12.2 Å². The standard InChI is InChI=1S/C14H16N2S/c1-3-12-6-5-11(10-17-2)9-13(12)14-15-7-4-8-16-14/h4-9H,3,10H2,1-2H3. The van der Waals surface area contributed by atoms with Crippen LogP contribution in [0.5, 0.6) is 0 Å². The molecule has 0 aliphatic rings. The van der Waals surface area contributed by atoms with Gasteiger partial charge in [0.1, 0.15) is 0 Å². The van der Waals surface area contributed by atoms with Gasteiger partial charge in [-0.25, -0.2) is 9.97 Å². The first kappa shape index (κ1) is 12.1. The Morgan fingerprint density at radius 1 is 1.18 bits per heavy atom. The maximum absolute atomic E-state index is 4.34. The van der Waals surface area contributed by atoms with Crippen LogP contribution in [0.2, 0.25) is 0 Å². The fourth-order valence-electron chi connectivity index (χ4n) is 1.83. The lowest BCUT2D eigenvalue weighted by molar-refractivity contribution is 1.10. The third-order valence-corrected chi connectivity index (χ3v) is 3.29. The van der Waals surface area contributed by atoms with Crippen LogP contribution in [0.3, 0.4) is 0 Å². The zero-order valence-corrected chi connectivity index (χ0v) is 11.0. The molecule has 0 aliphatic heterocycles. The summed E-state index contributed by atoms with van der Waals surface area (Å²) in [6.07, 6.45) is 6.71. The van der Waals surface area contributed by atoms with Crippen molar-refractivity contribution in [1.82, 2.24) is 9.97 Å². The van der Waals surface area contributed by atoms with Crippen LogP contribution in [0.25, 0.3) is 11.4 Å². The van der Waals surface area contributed by atoms with Crippen LogP contribution in [0.1, 0.15) is 18.1 Å². The van der Waals surface area contributed by atoms with Crippen LogP contribution >= 0.6 is 11.8 Å². The van der Waals surface area contributed by atoms with Crippen molar-refractivity contribution in [1.29, 1.82) is 0 Å². The second-order valence-electron chi connectivity index (χ2n) is 3.85. The normalized spacial score (nSPS) is 10.5. The molecule has 2 rings (SSSR count). The molecule has 0 amide bonds. The molecular weight excluding hydrogens is 228 g/mol. The summed E-state index contributed by atoms with van der Waals surface area (Å²) >= 11 is 1.83. The van der Waals surface area contributed by atoms with E-state index in [2.05, 4.69) is 41.3 Å². The average Bonchev–Trinajstić information content (AvgIpc) is 2.40. The second-order valence-corrected chi connectivity index (χ2v) is 4.72. The highest BCUT2D eigenvalue weighted by Crippen LogP contribution is 2.23. The molecule has 0 N–H and O–H groups in total. The Bertz CT molecular complexity index is 483. The van der Waals surface area contributed by atoms with E-state index in [1.807, 2.05) is 17.8 Å². The Morgan fingerprint density at radius 2 is 1.94 bits per heavy atom. The monoisotopic (exact) mass is 244 g/mol. The zero-order valence-electron chi connectivity index (χ0n) is 10.2. The molecule has 0 atom stereocenters. The quantitative estimate of drug-likeness (QED) is 0.822. The van der Waals surface area contributed by atoms with Gasteiger partial charge in [0.15, 0.2) is 5.82 Å². The Morgan fingerprint density at radius 3 is 2.59 bits per heavy atom. The van der Waals surface area contributed by atoms with E-state index in [9.17, 15) is 0 Å².